The van der Waals surface area contributed by atoms with E-state index in [9.17, 15) is 4.79 Å². The lowest BCUT2D eigenvalue weighted by atomic mass is 9.88. The van der Waals surface area contributed by atoms with E-state index >= 15 is 0 Å². The van der Waals surface area contributed by atoms with Gasteiger partial charge in [-0.2, -0.15) is 0 Å². The molecule has 0 aliphatic carbocycles. The molecule has 4 heteroatoms. The van der Waals surface area contributed by atoms with Crippen molar-refractivity contribution in [2.75, 3.05) is 13.7 Å². The van der Waals surface area contributed by atoms with Crippen LogP contribution in [0.4, 0.5) is 0 Å². The van der Waals surface area contributed by atoms with Crippen molar-refractivity contribution in [3.05, 3.63) is 34.3 Å². The van der Waals surface area contributed by atoms with Gasteiger partial charge in [0, 0.05) is 4.47 Å². The molecule has 2 rings (SSSR count). The second-order valence-electron chi connectivity index (χ2n) is 3.94. The van der Waals surface area contributed by atoms with Crippen LogP contribution in [0.15, 0.2) is 28.7 Å². The molecule has 86 valence electrons. The zero-order chi connectivity index (χ0) is 11.6. The first kappa shape index (κ1) is 11.6. The third-order valence-electron chi connectivity index (χ3n) is 3.01. The number of methoxy groups -OCH3 is 1. The van der Waals surface area contributed by atoms with Gasteiger partial charge in [0.05, 0.1) is 7.11 Å². The zero-order valence-corrected chi connectivity index (χ0v) is 10.7. The molecule has 0 spiro atoms. The van der Waals surface area contributed by atoms with Crippen molar-refractivity contribution in [2.24, 2.45) is 0 Å². The Morgan fingerprint density at radius 3 is 2.94 bits per heavy atom. The fourth-order valence-electron chi connectivity index (χ4n) is 2.21. The van der Waals surface area contributed by atoms with E-state index in [1.165, 1.54) is 7.11 Å². The van der Waals surface area contributed by atoms with Gasteiger partial charge in [0.25, 0.3) is 0 Å². The molecule has 1 fully saturated rings. The molecule has 16 heavy (non-hydrogen) atoms. The zero-order valence-electron chi connectivity index (χ0n) is 9.13. The molecular weight excluding hydrogens is 270 g/mol. The van der Waals surface area contributed by atoms with E-state index < -0.39 is 5.54 Å². The van der Waals surface area contributed by atoms with Gasteiger partial charge in [-0.25, -0.2) is 4.79 Å². The molecule has 1 atom stereocenters. The first-order valence-corrected chi connectivity index (χ1v) is 6.08. The number of rotatable bonds is 2. The van der Waals surface area contributed by atoms with Crippen LogP contribution in [0, 0.1) is 0 Å². The van der Waals surface area contributed by atoms with Gasteiger partial charge >= 0.3 is 5.97 Å². The molecule has 1 aliphatic rings. The number of carbonyl (C=O) groups is 1. The van der Waals surface area contributed by atoms with Crippen LogP contribution in [0.1, 0.15) is 18.4 Å². The van der Waals surface area contributed by atoms with Crippen molar-refractivity contribution >= 4 is 21.9 Å². The molecule has 3 nitrogen and oxygen atoms in total. The van der Waals surface area contributed by atoms with Crippen LogP contribution in [-0.2, 0) is 15.1 Å². The number of nitrogens with one attached hydrogen (secondary N) is 1. The van der Waals surface area contributed by atoms with Crippen LogP contribution in [0.3, 0.4) is 0 Å². The highest BCUT2D eigenvalue weighted by atomic mass is 79.9. The third kappa shape index (κ3) is 1.87. The number of ether oxygens (including phenoxy) is 1. The standard InChI is InChI=1S/C12H14BrNO2/c1-16-11(15)12(6-3-7-14-12)9-4-2-5-10(13)8-9/h2,4-5,8,14H,3,6-7H2,1H3/t12-/m1/s1. The summed E-state index contributed by atoms with van der Waals surface area (Å²) >= 11 is 3.42. The van der Waals surface area contributed by atoms with Crippen molar-refractivity contribution in [3.63, 3.8) is 0 Å². The highest BCUT2D eigenvalue weighted by molar-refractivity contribution is 9.10. The van der Waals surface area contributed by atoms with Crippen molar-refractivity contribution in [1.82, 2.24) is 5.32 Å². The predicted octanol–water partition coefficient (Wildman–Crippen LogP) is 2.20. The summed E-state index contributed by atoms with van der Waals surface area (Å²) in [5, 5.41) is 3.27. The molecule has 1 aromatic rings. The second-order valence-corrected chi connectivity index (χ2v) is 4.85. The normalized spacial score (nSPS) is 24.4. The van der Waals surface area contributed by atoms with Crippen LogP contribution in [0.5, 0.6) is 0 Å². The van der Waals surface area contributed by atoms with E-state index in [1.54, 1.807) is 0 Å². The first-order valence-electron chi connectivity index (χ1n) is 5.28. The van der Waals surface area contributed by atoms with Crippen LogP contribution in [-0.4, -0.2) is 19.6 Å². The van der Waals surface area contributed by atoms with Crippen molar-refractivity contribution in [1.29, 1.82) is 0 Å². The molecule has 0 saturated carbocycles. The van der Waals surface area contributed by atoms with Crippen LogP contribution in [0.25, 0.3) is 0 Å². The lowest BCUT2D eigenvalue weighted by Crippen LogP contribution is -2.45. The number of hydrogen-bond acceptors (Lipinski definition) is 3. The SMILES string of the molecule is COC(=O)[C@]1(c2cccc(Br)c2)CCCN1. The Balaban J connectivity index is 2.43. The summed E-state index contributed by atoms with van der Waals surface area (Å²) < 4.78 is 5.89. The maximum Gasteiger partial charge on any atom is 0.330 e. The van der Waals surface area contributed by atoms with Crippen molar-refractivity contribution in [2.45, 2.75) is 18.4 Å². The average Bonchev–Trinajstić information content (AvgIpc) is 2.78. The van der Waals surface area contributed by atoms with Gasteiger partial charge in [0.2, 0.25) is 0 Å². The van der Waals surface area contributed by atoms with Gasteiger partial charge in [0.1, 0.15) is 5.54 Å². The van der Waals surface area contributed by atoms with Gasteiger partial charge in [-0.3, -0.25) is 5.32 Å². The van der Waals surface area contributed by atoms with Crippen LogP contribution in [0.2, 0.25) is 0 Å². The fourth-order valence-corrected chi connectivity index (χ4v) is 2.61. The summed E-state index contributed by atoms with van der Waals surface area (Å²) in [5.41, 5.74) is 0.310. The van der Waals surface area contributed by atoms with Gasteiger partial charge in [-0.15, -0.1) is 0 Å². The fraction of sp³-hybridized carbons (Fsp3) is 0.417. The van der Waals surface area contributed by atoms with E-state index in [1.807, 2.05) is 24.3 Å². The molecular formula is C12H14BrNO2. The topological polar surface area (TPSA) is 38.3 Å². The highest BCUT2D eigenvalue weighted by Crippen LogP contribution is 2.33. The molecule has 0 unspecified atom stereocenters. The van der Waals surface area contributed by atoms with E-state index in [-0.39, 0.29) is 5.97 Å². The number of benzene rings is 1. The summed E-state index contributed by atoms with van der Waals surface area (Å²) in [7, 11) is 1.43. The van der Waals surface area contributed by atoms with Crippen molar-refractivity contribution < 1.29 is 9.53 Å². The summed E-state index contributed by atoms with van der Waals surface area (Å²) in [5.74, 6) is -0.205. The molecule has 1 N–H and O–H groups in total. The third-order valence-corrected chi connectivity index (χ3v) is 3.50. The van der Waals surface area contributed by atoms with E-state index in [0.717, 1.165) is 29.4 Å². The maximum absolute atomic E-state index is 11.9. The molecule has 1 aliphatic heterocycles. The Hall–Kier alpha value is -0.870. The predicted molar refractivity (Wildman–Crippen MR) is 65.1 cm³/mol. The lowest BCUT2D eigenvalue weighted by Gasteiger charge is -2.27. The Labute approximate surface area is 103 Å². The smallest absolute Gasteiger partial charge is 0.330 e. The molecule has 0 aromatic heterocycles. The Morgan fingerprint density at radius 1 is 1.56 bits per heavy atom. The minimum absolute atomic E-state index is 0.205. The number of hydrogen-bond donors (Lipinski definition) is 1. The summed E-state index contributed by atoms with van der Waals surface area (Å²) in [6.07, 6.45) is 1.78. The van der Waals surface area contributed by atoms with Crippen molar-refractivity contribution in [3.8, 4) is 0 Å². The molecule has 0 radical (unpaired) electrons. The first-order chi connectivity index (χ1) is 7.69. The lowest BCUT2D eigenvalue weighted by molar-refractivity contribution is -0.148. The average molecular weight is 284 g/mol. The van der Waals surface area contributed by atoms with Crippen LogP contribution >= 0.6 is 15.9 Å². The molecule has 1 saturated heterocycles. The van der Waals surface area contributed by atoms with Gasteiger partial charge in [0.15, 0.2) is 0 Å². The number of carbonyl (C=O) groups excluding carboxylic acids is 1. The Bertz CT molecular complexity index is 400. The Morgan fingerprint density at radius 2 is 2.38 bits per heavy atom. The number of esters is 1. The van der Waals surface area contributed by atoms with E-state index in [2.05, 4.69) is 21.2 Å². The summed E-state index contributed by atoms with van der Waals surface area (Å²) in [4.78, 5) is 11.9. The van der Waals surface area contributed by atoms with Gasteiger partial charge in [-0.05, 0) is 37.1 Å². The van der Waals surface area contributed by atoms with Gasteiger partial charge in [-0.1, -0.05) is 28.1 Å². The Kier molecular flexibility index (Phi) is 3.30. The minimum atomic E-state index is -0.654. The number of halogens is 1. The van der Waals surface area contributed by atoms with E-state index in [4.69, 9.17) is 4.74 Å². The summed E-state index contributed by atoms with van der Waals surface area (Å²) in [6, 6.07) is 7.81. The van der Waals surface area contributed by atoms with E-state index in [0.29, 0.717) is 0 Å². The molecule has 0 amide bonds. The van der Waals surface area contributed by atoms with Crippen LogP contribution < -0.4 is 5.32 Å². The molecule has 1 heterocycles. The molecule has 0 bridgehead atoms. The van der Waals surface area contributed by atoms with Gasteiger partial charge < -0.3 is 4.74 Å². The largest absolute Gasteiger partial charge is 0.467 e. The minimum Gasteiger partial charge on any atom is -0.467 e. The second kappa shape index (κ2) is 4.55. The monoisotopic (exact) mass is 283 g/mol. The highest BCUT2D eigenvalue weighted by Gasteiger charge is 2.43. The maximum atomic E-state index is 11.9. The quantitative estimate of drug-likeness (QED) is 0.846. The molecule has 1 aromatic carbocycles. The summed E-state index contributed by atoms with van der Waals surface area (Å²) in [6.45, 7) is 0.849.